The third-order valence-electron chi connectivity index (χ3n) is 7.85. The van der Waals surface area contributed by atoms with Gasteiger partial charge in [0.2, 0.25) is 0 Å². The van der Waals surface area contributed by atoms with Crippen LogP contribution in [0.1, 0.15) is 40.4 Å². The van der Waals surface area contributed by atoms with Crippen molar-refractivity contribution in [2.75, 3.05) is 11.0 Å². The zero-order valence-corrected chi connectivity index (χ0v) is 29.7. The quantitative estimate of drug-likeness (QED) is 0.102. The van der Waals surface area contributed by atoms with Gasteiger partial charge in [-0.25, -0.2) is 22.6 Å². The minimum Gasteiger partial charge on any atom is -0.507 e. The van der Waals surface area contributed by atoms with Gasteiger partial charge in [0.05, 0.1) is 22.7 Å². The van der Waals surface area contributed by atoms with Gasteiger partial charge in [0.25, 0.3) is 10.0 Å². The highest BCUT2D eigenvalue weighted by Gasteiger charge is 2.25. The van der Waals surface area contributed by atoms with Crippen LogP contribution in [-0.4, -0.2) is 51.1 Å². The molecule has 5 aromatic rings. The number of carbonyl (C=O) groups is 2. The highest BCUT2D eigenvalue weighted by atomic mass is 32.2. The third-order valence-corrected chi connectivity index (χ3v) is 10.2. The number of benzene rings is 4. The number of hydrogen-bond acceptors (Lipinski definition) is 9. The molecular formula is C38H31FN4O8S2. The largest absolute Gasteiger partial charge is 0.507 e. The normalized spacial score (nSPS) is 13.7. The van der Waals surface area contributed by atoms with Crippen molar-refractivity contribution >= 4 is 67.2 Å². The number of aromatic nitrogens is 1. The number of allylic oxidation sites excluding steroid dienone is 2. The molecule has 0 aliphatic heterocycles. The van der Waals surface area contributed by atoms with Crippen molar-refractivity contribution in [2.45, 2.75) is 23.1 Å². The van der Waals surface area contributed by atoms with E-state index in [0.717, 1.165) is 27.2 Å². The van der Waals surface area contributed by atoms with Crippen molar-refractivity contribution in [1.82, 2.24) is 4.98 Å². The molecule has 12 nitrogen and oxygen atoms in total. The van der Waals surface area contributed by atoms with E-state index >= 15 is 0 Å². The molecule has 6 rings (SSSR count). The summed E-state index contributed by atoms with van der Waals surface area (Å²) in [5.41, 5.74) is 5.04. The highest BCUT2D eigenvalue weighted by molar-refractivity contribution is 7.92. The third kappa shape index (κ3) is 9.52. The molecule has 53 heavy (non-hydrogen) atoms. The van der Waals surface area contributed by atoms with Gasteiger partial charge in [-0.05, 0) is 125 Å². The van der Waals surface area contributed by atoms with Crippen LogP contribution in [-0.2, 0) is 25.6 Å². The van der Waals surface area contributed by atoms with Crippen molar-refractivity contribution in [2.24, 2.45) is 10.2 Å². The maximum Gasteiger partial charge on any atom is 0.339 e. The summed E-state index contributed by atoms with van der Waals surface area (Å²) in [4.78, 5) is 26.9. The Morgan fingerprint density at radius 2 is 1.57 bits per heavy atom. The Bertz CT molecular complexity index is 2420. The Morgan fingerprint density at radius 3 is 2.19 bits per heavy atom. The minimum absolute atomic E-state index is 0.0231. The summed E-state index contributed by atoms with van der Waals surface area (Å²) in [6.07, 6.45) is 4.90. The number of aromatic hydroxyl groups is 1. The van der Waals surface area contributed by atoms with Crippen LogP contribution in [0.25, 0.3) is 17.2 Å². The van der Waals surface area contributed by atoms with Crippen LogP contribution < -0.4 is 4.72 Å². The number of phenols is 1. The van der Waals surface area contributed by atoms with Gasteiger partial charge in [-0.15, -0.1) is 0 Å². The second-order valence-corrected chi connectivity index (χ2v) is 14.5. The van der Waals surface area contributed by atoms with Crippen LogP contribution in [0, 0.1) is 5.82 Å². The molecule has 1 atom stereocenters. The molecule has 0 spiro atoms. The van der Waals surface area contributed by atoms with E-state index < -0.39 is 32.8 Å². The van der Waals surface area contributed by atoms with E-state index in [2.05, 4.69) is 19.9 Å². The van der Waals surface area contributed by atoms with Crippen LogP contribution >= 0.6 is 0 Å². The van der Waals surface area contributed by atoms with Crippen molar-refractivity contribution < 1.29 is 41.9 Å². The number of nitrogens with zero attached hydrogens (tertiary/aromatic N) is 3. The second kappa shape index (κ2) is 16.4. The molecule has 1 aromatic heterocycles. The summed E-state index contributed by atoms with van der Waals surface area (Å²) < 4.78 is 52.2. The van der Waals surface area contributed by atoms with E-state index in [1.54, 1.807) is 36.6 Å². The SMILES string of the molecule is CC1=C(CC(=O)O)c2cc(F)ccc2/C1=C\c1ccc(S(C)=O)cc1.O=C(O)c1cc(N=Nc2ccc(S(=O)(=O)Nc3ccccn3)cc2)ccc1O. The number of nitrogens with one attached hydrogen (secondary N) is 1. The first kappa shape index (κ1) is 37.9. The van der Waals surface area contributed by atoms with Crippen molar-refractivity contribution in [3.63, 3.8) is 0 Å². The Hall–Kier alpha value is -6.32. The number of rotatable bonds is 10. The summed E-state index contributed by atoms with van der Waals surface area (Å²) in [5, 5.41) is 35.5. The number of carboxylic acids is 2. The smallest absolute Gasteiger partial charge is 0.339 e. The monoisotopic (exact) mass is 754 g/mol. The molecular weight excluding hydrogens is 724 g/mol. The number of aromatic carboxylic acids is 1. The van der Waals surface area contributed by atoms with Crippen LogP contribution in [0.5, 0.6) is 5.75 Å². The Balaban J connectivity index is 0.000000206. The predicted octanol–water partition coefficient (Wildman–Crippen LogP) is 8.07. The lowest BCUT2D eigenvalue weighted by Gasteiger charge is -2.07. The van der Waals surface area contributed by atoms with Gasteiger partial charge >= 0.3 is 11.9 Å². The van der Waals surface area contributed by atoms with Gasteiger partial charge < -0.3 is 15.3 Å². The molecule has 0 radical (unpaired) electrons. The number of hydrogen-bond donors (Lipinski definition) is 4. The number of azo groups is 1. The van der Waals surface area contributed by atoms with E-state index in [1.165, 1.54) is 66.9 Å². The number of carboxylic acid groups (broad SMARTS) is 2. The fourth-order valence-corrected chi connectivity index (χ4v) is 6.77. The van der Waals surface area contributed by atoms with Gasteiger partial charge in [-0.3, -0.25) is 13.7 Å². The number of pyridine rings is 1. The van der Waals surface area contributed by atoms with Gasteiger partial charge in [0.15, 0.2) is 0 Å². The molecule has 0 fully saturated rings. The minimum atomic E-state index is -3.79. The van der Waals surface area contributed by atoms with Gasteiger partial charge in [0, 0.05) is 28.1 Å². The number of sulfonamides is 1. The molecule has 270 valence electrons. The lowest BCUT2D eigenvalue weighted by molar-refractivity contribution is -0.135. The molecule has 4 aromatic carbocycles. The maximum atomic E-state index is 13.7. The number of anilines is 1. The average Bonchev–Trinajstić information content (AvgIpc) is 3.36. The molecule has 0 bridgehead atoms. The molecule has 15 heteroatoms. The Labute approximate surface area is 306 Å². The number of halogens is 1. The number of fused-ring (bicyclic) bond motifs is 1. The molecule has 0 saturated heterocycles. The van der Waals surface area contributed by atoms with Crippen LogP contribution in [0.2, 0.25) is 0 Å². The summed E-state index contributed by atoms with van der Waals surface area (Å²) in [6, 6.07) is 26.1. The van der Waals surface area contributed by atoms with E-state index in [9.17, 15) is 31.7 Å². The summed E-state index contributed by atoms with van der Waals surface area (Å²) >= 11 is 0. The standard InChI is InChI=1S/C20H17FO3S.C18H14N4O5S/c1-12-17(9-13-3-6-15(7-4-13)25(2)24)16-8-5-14(21)10-19(16)18(12)11-20(22)23;23-16-9-6-13(11-15(16)18(24)25)21-20-12-4-7-14(8-5-12)28(26,27)22-17-3-1-2-10-19-17/h3-10H,11H2,1-2H3,(H,22,23);1-11,23H,(H,19,22)(H,24,25)/b17-9-;. The fraction of sp³-hybridized carbons (Fsp3) is 0.0789. The molecule has 1 aliphatic carbocycles. The van der Waals surface area contributed by atoms with Crippen molar-refractivity contribution in [3.8, 4) is 5.75 Å². The lowest BCUT2D eigenvalue weighted by atomic mass is 10.0. The molecule has 0 amide bonds. The topological polar surface area (TPSA) is 196 Å². The molecule has 1 aliphatic rings. The van der Waals surface area contributed by atoms with Gasteiger partial charge in [0.1, 0.15) is 22.9 Å². The zero-order chi connectivity index (χ0) is 38.3. The number of aliphatic carboxylic acids is 1. The van der Waals surface area contributed by atoms with E-state index in [1.807, 2.05) is 25.1 Å². The first-order valence-corrected chi connectivity index (χ1v) is 18.7. The van der Waals surface area contributed by atoms with Crippen LogP contribution in [0.3, 0.4) is 0 Å². The van der Waals surface area contributed by atoms with Crippen LogP contribution in [0.15, 0.2) is 135 Å². The first-order valence-electron chi connectivity index (χ1n) is 15.6. The molecule has 1 unspecified atom stereocenters. The predicted molar refractivity (Wildman–Crippen MR) is 199 cm³/mol. The second-order valence-electron chi connectivity index (χ2n) is 11.5. The van der Waals surface area contributed by atoms with Gasteiger partial charge in [-0.1, -0.05) is 24.3 Å². The molecule has 0 saturated carbocycles. The van der Waals surface area contributed by atoms with Crippen molar-refractivity contribution in [1.29, 1.82) is 0 Å². The van der Waals surface area contributed by atoms with E-state index in [0.29, 0.717) is 16.8 Å². The van der Waals surface area contributed by atoms with E-state index in [4.69, 9.17) is 10.2 Å². The van der Waals surface area contributed by atoms with Crippen LogP contribution in [0.4, 0.5) is 21.6 Å². The zero-order valence-electron chi connectivity index (χ0n) is 28.1. The average molecular weight is 755 g/mol. The molecule has 1 heterocycles. The first-order chi connectivity index (χ1) is 25.2. The fourth-order valence-electron chi connectivity index (χ4n) is 5.24. The summed E-state index contributed by atoms with van der Waals surface area (Å²) in [5.74, 6) is -2.79. The van der Waals surface area contributed by atoms with Gasteiger partial charge in [-0.2, -0.15) is 10.2 Å². The van der Waals surface area contributed by atoms with E-state index in [-0.39, 0.29) is 40.0 Å². The highest BCUT2D eigenvalue weighted by Crippen LogP contribution is 2.43. The summed E-state index contributed by atoms with van der Waals surface area (Å²) in [7, 11) is -4.83. The molecule has 4 N–H and O–H groups in total. The summed E-state index contributed by atoms with van der Waals surface area (Å²) in [6.45, 7) is 1.86. The maximum absolute atomic E-state index is 13.7. The van der Waals surface area contributed by atoms with Crippen molar-refractivity contribution in [3.05, 3.63) is 143 Å². The Morgan fingerprint density at radius 1 is 0.887 bits per heavy atom. The lowest BCUT2D eigenvalue weighted by Crippen LogP contribution is -2.13. The Kier molecular flexibility index (Phi) is 11.7.